The summed E-state index contributed by atoms with van der Waals surface area (Å²) in [5.41, 5.74) is 0. The molecule has 0 aliphatic carbocycles. The fraction of sp³-hybridized carbons (Fsp3) is 0.875. The highest BCUT2D eigenvalue weighted by atomic mass is 16.5. The number of carbonyl (C=O) groups is 1. The van der Waals surface area contributed by atoms with Crippen molar-refractivity contribution in [2.75, 3.05) is 20.3 Å². The van der Waals surface area contributed by atoms with Gasteiger partial charge >= 0.3 is 5.97 Å². The van der Waals surface area contributed by atoms with E-state index in [9.17, 15) is 9.90 Å². The molecule has 0 bridgehead atoms. The topological polar surface area (TPSA) is 76.0 Å². The molecule has 0 fully saturated rings. The van der Waals surface area contributed by atoms with Gasteiger partial charge in [-0.05, 0) is 32.1 Å². The molecule has 0 heterocycles. The first-order valence-corrected chi connectivity index (χ1v) is 10.3. The maximum atomic E-state index is 11.0. The van der Waals surface area contributed by atoms with E-state index in [0.29, 0.717) is 12.8 Å². The van der Waals surface area contributed by atoms with Crippen LogP contribution < -0.4 is 0 Å². The Bertz CT molecular complexity index is 344. The highest BCUT2D eigenvalue weighted by molar-refractivity contribution is 5.68. The molecule has 0 aromatic carbocycles. The molecule has 0 saturated carbocycles. The number of ether oxygens (including phenoxy) is 2. The van der Waals surface area contributed by atoms with Crippen molar-refractivity contribution >= 4 is 5.97 Å². The molecular weight excluding hydrogens is 368 g/mol. The molecular formula is C24H52O5. The Morgan fingerprint density at radius 2 is 1.62 bits per heavy atom. The van der Waals surface area contributed by atoms with Crippen LogP contribution in [0.2, 0.25) is 0 Å². The molecule has 0 spiro atoms. The van der Waals surface area contributed by atoms with E-state index in [2.05, 4.69) is 23.8 Å². The van der Waals surface area contributed by atoms with Crippen molar-refractivity contribution in [3.63, 3.8) is 0 Å². The van der Waals surface area contributed by atoms with E-state index in [4.69, 9.17) is 9.84 Å². The van der Waals surface area contributed by atoms with Crippen LogP contribution >= 0.6 is 0 Å². The first kappa shape index (κ1) is 35.5. The molecule has 0 radical (unpaired) electrons. The molecule has 0 aliphatic heterocycles. The minimum absolute atomic E-state index is 0. The predicted octanol–water partition coefficient (Wildman–Crippen LogP) is 6.06. The summed E-state index contributed by atoms with van der Waals surface area (Å²) in [6.07, 6.45) is 15.2. The highest BCUT2D eigenvalue weighted by Gasteiger charge is 2.17. The second-order valence-electron chi connectivity index (χ2n) is 6.79. The van der Waals surface area contributed by atoms with Gasteiger partial charge < -0.3 is 19.7 Å². The zero-order valence-corrected chi connectivity index (χ0v) is 16.8. The molecule has 2 atom stereocenters. The van der Waals surface area contributed by atoms with Gasteiger partial charge in [-0.2, -0.15) is 0 Å². The molecule has 5 heteroatoms. The molecule has 0 amide bonds. The average Bonchev–Trinajstić information content (AvgIpc) is 2.65. The summed E-state index contributed by atoms with van der Waals surface area (Å²) in [5.74, 6) is -0.122. The Kier molecular flexibility index (Phi) is 33.2. The van der Waals surface area contributed by atoms with Gasteiger partial charge in [0.2, 0.25) is 0 Å². The van der Waals surface area contributed by atoms with Crippen molar-refractivity contribution in [1.29, 1.82) is 0 Å². The lowest BCUT2D eigenvalue weighted by Crippen LogP contribution is -2.29. The van der Waals surface area contributed by atoms with Crippen LogP contribution in [0, 0.1) is 0 Å². The van der Waals surface area contributed by atoms with Gasteiger partial charge in [-0.3, -0.25) is 4.79 Å². The number of esters is 1. The molecule has 0 aromatic heterocycles. The summed E-state index contributed by atoms with van der Waals surface area (Å²) in [7, 11) is 1.43. The Morgan fingerprint density at radius 1 is 0.966 bits per heavy atom. The van der Waals surface area contributed by atoms with Crippen LogP contribution in [0.25, 0.3) is 0 Å². The number of hydrogen-bond acceptors (Lipinski definition) is 5. The van der Waals surface area contributed by atoms with E-state index < -0.39 is 6.10 Å². The lowest BCUT2D eigenvalue weighted by Gasteiger charge is -2.22. The van der Waals surface area contributed by atoms with Crippen molar-refractivity contribution in [2.24, 2.45) is 0 Å². The third kappa shape index (κ3) is 23.2. The summed E-state index contributed by atoms with van der Waals surface area (Å²) in [4.78, 5) is 11.0. The number of carbonyl (C=O) groups excluding carboxylic acids is 1. The van der Waals surface area contributed by atoms with Crippen LogP contribution in [-0.4, -0.2) is 48.7 Å². The van der Waals surface area contributed by atoms with Gasteiger partial charge in [-0.25, -0.2) is 0 Å². The lowest BCUT2D eigenvalue weighted by molar-refractivity contribution is -0.140. The Hall–Kier alpha value is -0.910. The van der Waals surface area contributed by atoms with Gasteiger partial charge in [0.05, 0.1) is 32.5 Å². The van der Waals surface area contributed by atoms with Crippen LogP contribution in [0.15, 0.2) is 12.2 Å². The molecule has 2 N–H and O–H groups in total. The van der Waals surface area contributed by atoms with Crippen molar-refractivity contribution < 1.29 is 24.5 Å². The summed E-state index contributed by atoms with van der Waals surface area (Å²) in [5, 5.41) is 19.2. The number of aliphatic hydroxyl groups excluding tert-OH is 2. The number of methoxy groups -OCH3 is 1. The second kappa shape index (κ2) is 27.1. The van der Waals surface area contributed by atoms with Crippen LogP contribution in [0.3, 0.4) is 0 Å². The zero-order valence-electron chi connectivity index (χ0n) is 16.8. The van der Waals surface area contributed by atoms with Gasteiger partial charge in [-0.15, -0.1) is 0 Å². The van der Waals surface area contributed by atoms with E-state index in [1.54, 1.807) is 0 Å². The quantitative estimate of drug-likeness (QED) is 0.160. The Balaban J connectivity index is -0.00000104. The molecule has 0 rings (SSSR count). The van der Waals surface area contributed by atoms with E-state index in [1.807, 2.05) is 0 Å². The van der Waals surface area contributed by atoms with Crippen molar-refractivity contribution in [2.45, 2.75) is 118 Å². The van der Waals surface area contributed by atoms with Gasteiger partial charge in [0.25, 0.3) is 0 Å². The maximum Gasteiger partial charge on any atom is 0.305 e. The van der Waals surface area contributed by atoms with Crippen LogP contribution in [0.1, 0.15) is 106 Å². The van der Waals surface area contributed by atoms with Crippen LogP contribution in [0.5, 0.6) is 0 Å². The van der Waals surface area contributed by atoms with E-state index in [1.165, 1.54) is 7.11 Å². The molecule has 5 nitrogen and oxygen atoms in total. The van der Waals surface area contributed by atoms with Gasteiger partial charge in [0.15, 0.2) is 0 Å². The molecule has 2 unspecified atom stereocenters. The predicted molar refractivity (Wildman–Crippen MR) is 125 cm³/mol. The smallest absolute Gasteiger partial charge is 0.305 e. The number of rotatable bonds is 18. The van der Waals surface area contributed by atoms with E-state index in [-0.39, 0.29) is 47.6 Å². The summed E-state index contributed by atoms with van der Waals surface area (Å²) >= 11 is 0. The normalized spacial score (nSPS) is 12.4. The molecule has 0 aliphatic rings. The standard InChI is InChI=1S/C21H40O5.3CH4/c1-3-4-11-14-19(23)20(26-18-17-22)15-12-9-7-5-6-8-10-13-16-21(24)25-2;;;/h9,12,19-20,22-23H,3-8,10-11,13-18H2,1-2H3;3*1H4/b12-9-;;;. The Morgan fingerprint density at radius 3 is 2.24 bits per heavy atom. The minimum atomic E-state index is -0.465. The van der Waals surface area contributed by atoms with Crippen molar-refractivity contribution in [3.8, 4) is 0 Å². The lowest BCUT2D eigenvalue weighted by atomic mass is 10.0. The van der Waals surface area contributed by atoms with Gasteiger partial charge in [0.1, 0.15) is 0 Å². The average molecular weight is 421 g/mol. The van der Waals surface area contributed by atoms with Crippen LogP contribution in [0.4, 0.5) is 0 Å². The van der Waals surface area contributed by atoms with Crippen molar-refractivity contribution in [3.05, 3.63) is 12.2 Å². The maximum absolute atomic E-state index is 11.0. The number of allylic oxidation sites excluding steroid dienone is 1. The zero-order chi connectivity index (χ0) is 19.5. The largest absolute Gasteiger partial charge is 0.469 e. The van der Waals surface area contributed by atoms with Gasteiger partial charge in [0, 0.05) is 6.42 Å². The van der Waals surface area contributed by atoms with E-state index >= 15 is 0 Å². The first-order chi connectivity index (χ1) is 12.7. The molecule has 29 heavy (non-hydrogen) atoms. The van der Waals surface area contributed by atoms with Crippen LogP contribution in [-0.2, 0) is 14.3 Å². The highest BCUT2D eigenvalue weighted by Crippen LogP contribution is 2.14. The Labute approximate surface area is 181 Å². The summed E-state index contributed by atoms with van der Waals surface area (Å²) in [6.45, 7) is 2.40. The summed E-state index contributed by atoms with van der Waals surface area (Å²) in [6, 6.07) is 0. The summed E-state index contributed by atoms with van der Waals surface area (Å²) < 4.78 is 10.2. The fourth-order valence-corrected chi connectivity index (χ4v) is 2.84. The minimum Gasteiger partial charge on any atom is -0.469 e. The van der Waals surface area contributed by atoms with Crippen molar-refractivity contribution in [1.82, 2.24) is 0 Å². The molecule has 0 saturated heterocycles. The number of aliphatic hydroxyl groups is 2. The van der Waals surface area contributed by atoms with Gasteiger partial charge in [-0.1, -0.05) is 79.9 Å². The number of hydrogen-bond donors (Lipinski definition) is 2. The molecule has 178 valence electrons. The fourth-order valence-electron chi connectivity index (χ4n) is 2.84. The SMILES string of the molecule is C.C.C.CCCCCC(O)C(C/C=C\CCCCCCCC(=O)OC)OCCO. The monoisotopic (exact) mass is 420 g/mol. The number of unbranched alkanes of at least 4 members (excludes halogenated alkanes) is 7. The second-order valence-corrected chi connectivity index (χ2v) is 6.79. The van der Waals surface area contributed by atoms with E-state index in [0.717, 1.165) is 64.2 Å². The third-order valence-corrected chi connectivity index (χ3v) is 4.47. The molecule has 0 aromatic rings. The first-order valence-electron chi connectivity index (χ1n) is 10.3. The third-order valence-electron chi connectivity index (χ3n) is 4.47.